The second kappa shape index (κ2) is 7.81. The van der Waals surface area contributed by atoms with Gasteiger partial charge < -0.3 is 0 Å². The predicted molar refractivity (Wildman–Crippen MR) is 93.1 cm³/mol. The van der Waals surface area contributed by atoms with Crippen molar-refractivity contribution in [3.63, 3.8) is 0 Å². The molecule has 0 radical (unpaired) electrons. The molecule has 30 heavy (non-hydrogen) atoms. The molecule has 0 heterocycles. The highest BCUT2D eigenvalue weighted by molar-refractivity contribution is 6.19. The van der Waals surface area contributed by atoms with E-state index in [2.05, 4.69) is 5.18 Å². The molecule has 0 amide bonds. The number of hydrogen-bond donors (Lipinski definition) is 0. The highest BCUT2D eigenvalue weighted by Crippen LogP contribution is 2.39. The summed E-state index contributed by atoms with van der Waals surface area (Å²) in [4.78, 5) is 63.8. The number of nitro benzene ring substituents is 4. The predicted octanol–water partition coefficient (Wildman–Crippen LogP) is 2.82. The minimum absolute atomic E-state index is 0.254. The summed E-state index contributed by atoms with van der Waals surface area (Å²) in [5.41, 5.74) is -8.98. The van der Waals surface area contributed by atoms with E-state index in [9.17, 15) is 50.2 Å². The molecule has 0 spiro atoms. The van der Waals surface area contributed by atoms with Crippen LogP contribution in [0.4, 0.5) is 28.4 Å². The van der Waals surface area contributed by atoms with Gasteiger partial charge in [-0.25, -0.2) is 0 Å². The third kappa shape index (κ3) is 3.61. The second-order valence-electron chi connectivity index (χ2n) is 5.31. The summed E-state index contributed by atoms with van der Waals surface area (Å²) in [5.74, 6) is -1.73. The van der Waals surface area contributed by atoms with Crippen molar-refractivity contribution in [2.75, 3.05) is 0 Å². The highest BCUT2D eigenvalue weighted by Gasteiger charge is 2.39. The molecule has 0 unspecified atom stereocenters. The maximum absolute atomic E-state index is 12.9. The van der Waals surface area contributed by atoms with Crippen molar-refractivity contribution in [3.8, 4) is 6.07 Å². The fourth-order valence-corrected chi connectivity index (χ4v) is 2.47. The first kappa shape index (κ1) is 21.1. The third-order valence-corrected chi connectivity index (χ3v) is 3.66. The Balaban J connectivity index is 3.01. The number of nitriles is 1. The number of ketones is 1. The van der Waals surface area contributed by atoms with Crippen molar-refractivity contribution in [1.29, 1.82) is 5.26 Å². The van der Waals surface area contributed by atoms with Gasteiger partial charge in [0.25, 0.3) is 22.7 Å². The Kier molecular flexibility index (Phi) is 5.49. The molecule has 150 valence electrons. The molecule has 0 saturated carbocycles. The lowest BCUT2D eigenvalue weighted by atomic mass is 9.95. The molecule has 2 rings (SSSR count). The molecular formula is C14H4N6O10. The molecule has 16 heteroatoms. The van der Waals surface area contributed by atoms with Crippen LogP contribution >= 0.6 is 0 Å². The number of nitrogens with zero attached hydrogens (tertiary/aromatic N) is 6. The number of benzene rings is 2. The molecule has 2 aromatic carbocycles. The molecule has 0 bridgehead atoms. The van der Waals surface area contributed by atoms with Gasteiger partial charge in [-0.1, -0.05) is 0 Å². The smallest absolute Gasteiger partial charge is 0.288 e. The molecule has 16 nitrogen and oxygen atoms in total. The highest BCUT2D eigenvalue weighted by atomic mass is 16.6. The molecular weight excluding hydrogens is 412 g/mol. The normalized spacial score (nSPS) is 9.97. The standard InChI is InChI=1S/C14H4N6O10/c15-5-6-1-8(16-22)12(9(2-6)18(25)26)14(21)13-10(19(27)28)3-7(17(23)24)4-11(13)20(29)30/h1-4H. The molecule has 0 aliphatic rings. The zero-order valence-electron chi connectivity index (χ0n) is 14.1. The van der Waals surface area contributed by atoms with Gasteiger partial charge in [0.05, 0.1) is 43.5 Å². The fourth-order valence-electron chi connectivity index (χ4n) is 2.47. The van der Waals surface area contributed by atoms with Gasteiger partial charge in [-0.3, -0.25) is 45.3 Å². The van der Waals surface area contributed by atoms with Gasteiger partial charge in [0, 0.05) is 6.07 Å². The van der Waals surface area contributed by atoms with E-state index in [4.69, 9.17) is 5.26 Å². The first-order valence-electron chi connectivity index (χ1n) is 7.25. The SMILES string of the molecule is N#Cc1cc(N=O)c(C(=O)c2c([N+](=O)[O-])cc([N+](=O)[O-])cc2[N+](=O)[O-])c([N+](=O)[O-])c1. The summed E-state index contributed by atoms with van der Waals surface area (Å²) in [5, 5.41) is 56.2. The Hall–Kier alpha value is -5.20. The molecule has 0 fully saturated rings. The maximum Gasteiger partial charge on any atom is 0.294 e. The maximum atomic E-state index is 12.9. The minimum atomic E-state index is -1.73. The number of carbonyl (C=O) groups excluding carboxylic acids is 1. The topological polar surface area (TPSA) is 243 Å². The van der Waals surface area contributed by atoms with Crippen LogP contribution in [-0.2, 0) is 0 Å². The van der Waals surface area contributed by atoms with Crippen molar-refractivity contribution < 1.29 is 24.5 Å². The lowest BCUT2D eigenvalue weighted by molar-refractivity contribution is -0.403. The van der Waals surface area contributed by atoms with Crippen molar-refractivity contribution >= 4 is 34.2 Å². The van der Waals surface area contributed by atoms with E-state index in [1.165, 1.54) is 6.07 Å². The molecule has 0 aromatic heterocycles. The summed E-state index contributed by atoms with van der Waals surface area (Å²) in [6.45, 7) is 0. The summed E-state index contributed by atoms with van der Waals surface area (Å²) in [7, 11) is 0. The van der Waals surface area contributed by atoms with Crippen LogP contribution in [-0.4, -0.2) is 25.5 Å². The Labute approximate surface area is 162 Å². The molecule has 0 atom stereocenters. The van der Waals surface area contributed by atoms with Gasteiger partial charge in [0.1, 0.15) is 11.3 Å². The Bertz CT molecular complexity index is 1180. The Morgan fingerprint density at radius 1 is 0.800 bits per heavy atom. The van der Waals surface area contributed by atoms with E-state index in [-0.39, 0.29) is 12.1 Å². The lowest BCUT2D eigenvalue weighted by Gasteiger charge is -2.07. The number of non-ortho nitro benzene ring substituents is 1. The minimum Gasteiger partial charge on any atom is -0.288 e. The number of rotatable bonds is 7. The van der Waals surface area contributed by atoms with Gasteiger partial charge in [0.2, 0.25) is 5.78 Å². The number of nitroso groups, excluding NO2 is 1. The van der Waals surface area contributed by atoms with E-state index in [0.29, 0.717) is 12.1 Å². The Morgan fingerprint density at radius 3 is 1.63 bits per heavy atom. The van der Waals surface area contributed by atoms with Crippen LogP contribution in [0.5, 0.6) is 0 Å². The van der Waals surface area contributed by atoms with Crippen LogP contribution < -0.4 is 0 Å². The van der Waals surface area contributed by atoms with Gasteiger partial charge in [-0.15, -0.1) is 4.91 Å². The molecule has 0 saturated heterocycles. The average Bonchev–Trinajstić information content (AvgIpc) is 2.70. The first-order valence-corrected chi connectivity index (χ1v) is 7.25. The van der Waals surface area contributed by atoms with E-state index < -0.39 is 70.6 Å². The van der Waals surface area contributed by atoms with Crippen molar-refractivity contribution in [1.82, 2.24) is 0 Å². The number of carbonyl (C=O) groups is 1. The van der Waals surface area contributed by atoms with Crippen molar-refractivity contribution in [2.45, 2.75) is 0 Å². The Morgan fingerprint density at radius 2 is 1.27 bits per heavy atom. The molecule has 0 N–H and O–H groups in total. The molecule has 0 aliphatic heterocycles. The van der Waals surface area contributed by atoms with Crippen molar-refractivity contribution in [2.24, 2.45) is 5.18 Å². The van der Waals surface area contributed by atoms with Crippen molar-refractivity contribution in [3.05, 3.63) is 86.3 Å². The van der Waals surface area contributed by atoms with E-state index in [0.717, 1.165) is 0 Å². The van der Waals surface area contributed by atoms with Crippen LogP contribution in [0, 0.1) is 56.7 Å². The van der Waals surface area contributed by atoms with Crippen LogP contribution in [0.25, 0.3) is 0 Å². The molecule has 2 aromatic rings. The average molecular weight is 416 g/mol. The van der Waals surface area contributed by atoms with Gasteiger partial charge in [-0.2, -0.15) is 5.26 Å². The summed E-state index contributed by atoms with van der Waals surface area (Å²) in [6, 6.07) is 3.21. The van der Waals surface area contributed by atoms with E-state index in [1.807, 2.05) is 0 Å². The van der Waals surface area contributed by atoms with Crippen LogP contribution in [0.3, 0.4) is 0 Å². The summed E-state index contributed by atoms with van der Waals surface area (Å²) < 4.78 is 0. The van der Waals surface area contributed by atoms with E-state index >= 15 is 0 Å². The fraction of sp³-hybridized carbons (Fsp3) is 0. The number of nitro groups is 4. The summed E-state index contributed by atoms with van der Waals surface area (Å²) >= 11 is 0. The van der Waals surface area contributed by atoms with E-state index in [1.54, 1.807) is 0 Å². The monoisotopic (exact) mass is 416 g/mol. The third-order valence-electron chi connectivity index (χ3n) is 3.66. The van der Waals surface area contributed by atoms with Gasteiger partial charge in [0.15, 0.2) is 5.56 Å². The van der Waals surface area contributed by atoms with Gasteiger partial charge in [-0.05, 0) is 11.2 Å². The quantitative estimate of drug-likeness (QED) is 0.275. The number of hydrogen-bond acceptors (Lipinski definition) is 12. The van der Waals surface area contributed by atoms with Gasteiger partial charge >= 0.3 is 0 Å². The second-order valence-corrected chi connectivity index (χ2v) is 5.31. The first-order chi connectivity index (χ1) is 14.0. The summed E-state index contributed by atoms with van der Waals surface area (Å²) in [6.07, 6.45) is 0. The molecule has 0 aliphatic carbocycles. The largest absolute Gasteiger partial charge is 0.294 e. The van der Waals surface area contributed by atoms with Crippen LogP contribution in [0.2, 0.25) is 0 Å². The zero-order chi connectivity index (χ0) is 22.7. The zero-order valence-corrected chi connectivity index (χ0v) is 14.1. The van der Waals surface area contributed by atoms with Crippen LogP contribution in [0.15, 0.2) is 29.4 Å². The van der Waals surface area contributed by atoms with Crippen LogP contribution in [0.1, 0.15) is 21.5 Å². The lowest BCUT2D eigenvalue weighted by Crippen LogP contribution is -2.12.